The lowest BCUT2D eigenvalue weighted by Crippen LogP contribution is -2.59. The summed E-state index contributed by atoms with van der Waals surface area (Å²) in [5, 5.41) is 4.10. The predicted octanol–water partition coefficient (Wildman–Crippen LogP) is 0.774. The topological polar surface area (TPSA) is 67.2 Å². The third-order valence-corrected chi connectivity index (χ3v) is 5.16. The smallest absolute Gasteiger partial charge is 0.268 e. The second-order valence-electron chi connectivity index (χ2n) is 6.67. The molecule has 0 aromatic carbocycles. The van der Waals surface area contributed by atoms with Gasteiger partial charge in [0.25, 0.3) is 5.56 Å². The molecule has 0 atom stereocenters. The van der Waals surface area contributed by atoms with Gasteiger partial charge in [-0.1, -0.05) is 0 Å². The Morgan fingerprint density at radius 2 is 2.00 bits per heavy atom. The van der Waals surface area contributed by atoms with Crippen LogP contribution >= 0.6 is 0 Å². The quantitative estimate of drug-likeness (QED) is 0.830. The van der Waals surface area contributed by atoms with Gasteiger partial charge in [0.1, 0.15) is 12.1 Å². The van der Waals surface area contributed by atoms with Crippen LogP contribution < -0.4 is 15.4 Å². The van der Waals surface area contributed by atoms with Crippen LogP contribution in [-0.4, -0.2) is 45.9 Å². The molecule has 0 bridgehead atoms. The molecule has 4 rings (SSSR count). The Kier molecular flexibility index (Phi) is 3.70. The van der Waals surface area contributed by atoms with Crippen LogP contribution in [0.4, 0.5) is 11.5 Å². The summed E-state index contributed by atoms with van der Waals surface area (Å²) in [6, 6.07) is 2.05. The lowest BCUT2D eigenvalue weighted by Gasteiger charge is -2.46. The average molecular weight is 326 g/mol. The summed E-state index contributed by atoms with van der Waals surface area (Å²) in [6.07, 6.45) is 8.03. The van der Waals surface area contributed by atoms with Gasteiger partial charge in [-0.2, -0.15) is 5.10 Å². The molecule has 7 nitrogen and oxygen atoms in total. The van der Waals surface area contributed by atoms with Crippen molar-refractivity contribution in [1.29, 1.82) is 0 Å². The summed E-state index contributed by atoms with van der Waals surface area (Å²) in [6.45, 7) is 1.76. The molecule has 2 aromatic rings. The first kappa shape index (κ1) is 15.1. The predicted molar refractivity (Wildman–Crippen MR) is 92.6 cm³/mol. The minimum Gasteiger partial charge on any atom is -0.366 e. The van der Waals surface area contributed by atoms with E-state index in [-0.39, 0.29) is 5.56 Å². The number of hydrogen-bond acceptors (Lipinski definition) is 6. The van der Waals surface area contributed by atoms with Crippen LogP contribution in [0.1, 0.15) is 24.1 Å². The Balaban J connectivity index is 1.49. The fourth-order valence-corrected chi connectivity index (χ4v) is 3.52. The van der Waals surface area contributed by atoms with Gasteiger partial charge in [0.05, 0.1) is 17.9 Å². The van der Waals surface area contributed by atoms with Crippen molar-refractivity contribution in [2.45, 2.75) is 31.7 Å². The van der Waals surface area contributed by atoms with Gasteiger partial charge in [-0.15, -0.1) is 0 Å². The molecule has 7 heteroatoms. The normalized spacial score (nSPS) is 17.3. The van der Waals surface area contributed by atoms with E-state index in [0.29, 0.717) is 6.04 Å². The first-order valence-electron chi connectivity index (χ1n) is 8.47. The van der Waals surface area contributed by atoms with E-state index in [4.69, 9.17) is 0 Å². The molecule has 0 saturated carbocycles. The van der Waals surface area contributed by atoms with E-state index in [1.807, 2.05) is 0 Å². The van der Waals surface area contributed by atoms with E-state index in [9.17, 15) is 4.79 Å². The zero-order chi connectivity index (χ0) is 16.7. The molecule has 0 radical (unpaired) electrons. The van der Waals surface area contributed by atoms with Crippen molar-refractivity contribution in [3.63, 3.8) is 0 Å². The van der Waals surface area contributed by atoms with E-state index < -0.39 is 0 Å². The lowest BCUT2D eigenvalue weighted by molar-refractivity contribution is 0.488. The number of aromatic nitrogens is 4. The molecule has 24 heavy (non-hydrogen) atoms. The standard InChI is InChI=1S/C17H22N6O/c1-21(17-14-5-3-4-6-15(14)18-11-19-17)13-9-23(10-13)12-7-16(24)22(2)20-8-12/h7-8,11,13H,3-6,9-10H2,1-2H3. The van der Waals surface area contributed by atoms with Crippen molar-refractivity contribution in [1.82, 2.24) is 19.7 Å². The molecule has 3 heterocycles. The van der Waals surface area contributed by atoms with Crippen molar-refractivity contribution in [2.75, 3.05) is 29.9 Å². The van der Waals surface area contributed by atoms with Crippen LogP contribution in [0.25, 0.3) is 0 Å². The highest BCUT2D eigenvalue weighted by Gasteiger charge is 2.33. The van der Waals surface area contributed by atoms with Crippen LogP contribution in [0, 0.1) is 0 Å². The zero-order valence-electron chi connectivity index (χ0n) is 14.1. The third kappa shape index (κ3) is 2.53. The fourth-order valence-electron chi connectivity index (χ4n) is 3.52. The van der Waals surface area contributed by atoms with Crippen LogP contribution in [0.3, 0.4) is 0 Å². The molecule has 0 amide bonds. The Labute approximate surface area is 140 Å². The van der Waals surface area contributed by atoms with E-state index in [1.54, 1.807) is 25.6 Å². The first-order valence-corrected chi connectivity index (χ1v) is 8.47. The fraction of sp³-hybridized carbons (Fsp3) is 0.529. The molecule has 1 aliphatic carbocycles. The lowest BCUT2D eigenvalue weighted by atomic mass is 9.95. The summed E-state index contributed by atoms with van der Waals surface area (Å²) in [7, 11) is 3.78. The highest BCUT2D eigenvalue weighted by Crippen LogP contribution is 2.30. The van der Waals surface area contributed by atoms with Gasteiger partial charge in [0.15, 0.2) is 0 Å². The van der Waals surface area contributed by atoms with Crippen LogP contribution in [-0.2, 0) is 19.9 Å². The Hall–Kier alpha value is -2.44. The highest BCUT2D eigenvalue weighted by molar-refractivity contribution is 5.54. The number of hydrogen-bond donors (Lipinski definition) is 0. The summed E-state index contributed by atoms with van der Waals surface area (Å²) in [4.78, 5) is 25.2. The molecule has 2 aromatic heterocycles. The molecular weight excluding hydrogens is 304 g/mol. The molecular formula is C17H22N6O. The van der Waals surface area contributed by atoms with Crippen molar-refractivity contribution in [3.05, 3.63) is 40.2 Å². The minimum atomic E-state index is -0.0748. The number of likely N-dealkylation sites (N-methyl/N-ethyl adjacent to an activating group) is 1. The Morgan fingerprint density at radius 1 is 1.21 bits per heavy atom. The molecule has 0 spiro atoms. The van der Waals surface area contributed by atoms with Crippen LogP contribution in [0.5, 0.6) is 0 Å². The van der Waals surface area contributed by atoms with Crippen molar-refractivity contribution in [2.24, 2.45) is 7.05 Å². The van der Waals surface area contributed by atoms with E-state index in [0.717, 1.165) is 37.4 Å². The number of nitrogens with zero attached hydrogens (tertiary/aromatic N) is 6. The van der Waals surface area contributed by atoms with Gasteiger partial charge in [0.2, 0.25) is 0 Å². The average Bonchev–Trinajstić information content (AvgIpc) is 2.56. The summed E-state index contributed by atoms with van der Waals surface area (Å²) >= 11 is 0. The van der Waals surface area contributed by atoms with Gasteiger partial charge in [-0.05, 0) is 25.7 Å². The van der Waals surface area contributed by atoms with Gasteiger partial charge in [0, 0.05) is 44.5 Å². The number of aryl methyl sites for hydroxylation is 2. The van der Waals surface area contributed by atoms with E-state index in [1.165, 1.54) is 28.8 Å². The van der Waals surface area contributed by atoms with Gasteiger partial charge >= 0.3 is 0 Å². The van der Waals surface area contributed by atoms with Crippen molar-refractivity contribution >= 4 is 11.5 Å². The molecule has 1 fully saturated rings. The third-order valence-electron chi connectivity index (χ3n) is 5.16. The molecule has 0 unspecified atom stereocenters. The number of fused-ring (bicyclic) bond motifs is 1. The maximum Gasteiger partial charge on any atom is 0.268 e. The highest BCUT2D eigenvalue weighted by atomic mass is 16.1. The van der Waals surface area contributed by atoms with Gasteiger partial charge in [-0.3, -0.25) is 4.79 Å². The molecule has 0 N–H and O–H groups in total. The summed E-state index contributed by atoms with van der Waals surface area (Å²) in [5.74, 6) is 1.08. The van der Waals surface area contributed by atoms with E-state index >= 15 is 0 Å². The molecule has 2 aliphatic rings. The summed E-state index contributed by atoms with van der Waals surface area (Å²) in [5.41, 5.74) is 3.35. The Morgan fingerprint density at radius 3 is 2.79 bits per heavy atom. The van der Waals surface area contributed by atoms with Crippen molar-refractivity contribution in [3.8, 4) is 0 Å². The SMILES string of the molecule is CN(c1ncnc2c1CCCC2)C1CN(c2cnn(C)c(=O)c2)C1. The minimum absolute atomic E-state index is 0.0748. The Bertz CT molecular complexity index is 811. The molecule has 1 aliphatic heterocycles. The molecule has 1 saturated heterocycles. The summed E-state index contributed by atoms with van der Waals surface area (Å²) < 4.78 is 1.35. The van der Waals surface area contributed by atoms with Gasteiger partial charge in [-0.25, -0.2) is 14.6 Å². The monoisotopic (exact) mass is 326 g/mol. The molecule has 126 valence electrons. The number of rotatable bonds is 3. The van der Waals surface area contributed by atoms with Crippen LogP contribution in [0.2, 0.25) is 0 Å². The van der Waals surface area contributed by atoms with Crippen molar-refractivity contribution < 1.29 is 0 Å². The second kappa shape index (κ2) is 5.89. The zero-order valence-corrected chi connectivity index (χ0v) is 14.1. The maximum atomic E-state index is 11.7. The van der Waals surface area contributed by atoms with Crippen LogP contribution in [0.15, 0.2) is 23.4 Å². The van der Waals surface area contributed by atoms with Gasteiger partial charge < -0.3 is 9.80 Å². The second-order valence-corrected chi connectivity index (χ2v) is 6.67. The first-order chi connectivity index (χ1) is 11.6. The van der Waals surface area contributed by atoms with E-state index in [2.05, 4.69) is 31.9 Å². The largest absolute Gasteiger partial charge is 0.366 e. The maximum absolute atomic E-state index is 11.7. The number of anilines is 2.